The van der Waals surface area contributed by atoms with Gasteiger partial charge in [-0.1, -0.05) is 15.9 Å². The number of anilines is 1. The highest BCUT2D eigenvalue weighted by molar-refractivity contribution is 9.10. The third-order valence-electron chi connectivity index (χ3n) is 3.00. The lowest BCUT2D eigenvalue weighted by Gasteiger charge is -2.13. The maximum atomic E-state index is 11.9. The number of rotatable bonds is 2. The first kappa shape index (κ1) is 15.4. The van der Waals surface area contributed by atoms with E-state index in [1.165, 1.54) is 19.2 Å². The van der Waals surface area contributed by atoms with Crippen LogP contribution in [0.3, 0.4) is 0 Å². The lowest BCUT2D eigenvalue weighted by Crippen LogP contribution is -2.16. The average molecular weight is 361 g/mol. The fourth-order valence-corrected chi connectivity index (χ4v) is 2.47. The Labute approximate surface area is 133 Å². The molecule has 7 nitrogen and oxygen atoms in total. The van der Waals surface area contributed by atoms with Crippen molar-refractivity contribution in [2.45, 2.75) is 0 Å². The van der Waals surface area contributed by atoms with E-state index < -0.39 is 5.56 Å². The van der Waals surface area contributed by atoms with Gasteiger partial charge in [0, 0.05) is 15.6 Å². The lowest BCUT2D eigenvalue weighted by molar-refractivity contribution is 0.374. The Morgan fingerprint density at radius 2 is 1.95 bits per heavy atom. The highest BCUT2D eigenvalue weighted by Crippen LogP contribution is 2.42. The Morgan fingerprint density at radius 1 is 1.32 bits per heavy atom. The van der Waals surface area contributed by atoms with Crippen molar-refractivity contribution in [3.05, 3.63) is 38.1 Å². The molecule has 1 aromatic carbocycles. The van der Waals surface area contributed by atoms with E-state index in [0.29, 0.717) is 4.47 Å². The summed E-state index contributed by atoms with van der Waals surface area (Å²) < 4.78 is 5.56. The topological polar surface area (TPSA) is 136 Å². The second-order valence-electron chi connectivity index (χ2n) is 4.22. The summed E-state index contributed by atoms with van der Waals surface area (Å²) in [6.07, 6.45) is 0. The first-order chi connectivity index (χ1) is 10.4. The summed E-state index contributed by atoms with van der Waals surface area (Å²) in [7, 11) is 1.36. The number of pyridine rings is 1. The van der Waals surface area contributed by atoms with Gasteiger partial charge in [0.25, 0.3) is 5.56 Å². The number of hydrogen-bond acceptors (Lipinski definition) is 6. The number of hydrogen-bond donors (Lipinski definition) is 3. The fraction of sp³-hybridized carbons (Fsp3) is 0.0714. The van der Waals surface area contributed by atoms with E-state index in [9.17, 15) is 20.4 Å². The number of aromatic amines is 1. The van der Waals surface area contributed by atoms with Crippen molar-refractivity contribution < 1.29 is 9.84 Å². The molecule has 1 aromatic heterocycles. The summed E-state index contributed by atoms with van der Waals surface area (Å²) in [6.45, 7) is 0. The first-order valence-electron chi connectivity index (χ1n) is 5.87. The third-order valence-corrected chi connectivity index (χ3v) is 3.46. The molecule has 0 radical (unpaired) electrons. The van der Waals surface area contributed by atoms with Crippen molar-refractivity contribution >= 4 is 21.7 Å². The van der Waals surface area contributed by atoms with Crippen LogP contribution in [0.4, 0.5) is 5.82 Å². The van der Waals surface area contributed by atoms with Crippen LogP contribution in [0.5, 0.6) is 11.5 Å². The number of phenolic OH excluding ortho intramolecular Hbond substituents is 1. The summed E-state index contributed by atoms with van der Waals surface area (Å²) >= 11 is 3.24. The van der Waals surface area contributed by atoms with Gasteiger partial charge in [-0.3, -0.25) is 4.79 Å². The number of ether oxygens (including phenoxy) is 1. The summed E-state index contributed by atoms with van der Waals surface area (Å²) in [4.78, 5) is 14.1. The van der Waals surface area contributed by atoms with Crippen LogP contribution >= 0.6 is 15.9 Å². The van der Waals surface area contributed by atoms with E-state index in [4.69, 9.17) is 10.5 Å². The largest absolute Gasteiger partial charge is 0.504 e. The molecule has 22 heavy (non-hydrogen) atoms. The summed E-state index contributed by atoms with van der Waals surface area (Å²) in [6, 6.07) is 6.54. The zero-order valence-electron chi connectivity index (χ0n) is 11.3. The molecule has 1 heterocycles. The van der Waals surface area contributed by atoms with E-state index in [1.807, 2.05) is 6.07 Å². The predicted molar refractivity (Wildman–Crippen MR) is 82.3 cm³/mol. The molecule has 8 heteroatoms. The number of aromatic nitrogens is 1. The number of nitrogens with one attached hydrogen (secondary N) is 1. The van der Waals surface area contributed by atoms with Gasteiger partial charge in [0.1, 0.15) is 29.1 Å². The van der Waals surface area contributed by atoms with Crippen LogP contribution in [0.15, 0.2) is 21.4 Å². The van der Waals surface area contributed by atoms with Gasteiger partial charge in [-0.25, -0.2) is 0 Å². The molecule has 0 atom stereocenters. The smallest absolute Gasteiger partial charge is 0.268 e. The van der Waals surface area contributed by atoms with Gasteiger partial charge in [-0.2, -0.15) is 10.5 Å². The van der Waals surface area contributed by atoms with Gasteiger partial charge in [0.05, 0.1) is 7.11 Å². The number of nitrogens with zero attached hydrogens (tertiary/aromatic N) is 2. The maximum absolute atomic E-state index is 11.9. The van der Waals surface area contributed by atoms with E-state index in [1.54, 1.807) is 6.07 Å². The Balaban J connectivity index is 3.02. The van der Waals surface area contributed by atoms with Crippen molar-refractivity contribution in [2.75, 3.05) is 12.8 Å². The fourth-order valence-electron chi connectivity index (χ4n) is 2.03. The zero-order valence-corrected chi connectivity index (χ0v) is 12.9. The van der Waals surface area contributed by atoms with Crippen molar-refractivity contribution in [3.63, 3.8) is 0 Å². The molecule has 0 bridgehead atoms. The molecular formula is C14H9BrN4O3. The predicted octanol–water partition coefficient (Wildman–Crippen LogP) is 1.84. The van der Waals surface area contributed by atoms with Crippen LogP contribution in [0.1, 0.15) is 11.1 Å². The normalized spacial score (nSPS) is 9.82. The number of benzene rings is 1. The molecule has 4 N–H and O–H groups in total. The average Bonchev–Trinajstić information content (AvgIpc) is 2.48. The number of phenols is 1. The third kappa shape index (κ3) is 2.36. The standard InChI is InChI=1S/C14H9BrN4O3/c1-22-10-3-6(15)2-7(12(10)20)11-8(4-16)13(18)19-14(21)9(11)5-17/h2-3,20H,1H3,(H3,18,19,21). The molecule has 0 saturated carbocycles. The SMILES string of the molecule is COc1cc(Br)cc(-c2c(C#N)c(N)[nH]c(=O)c2C#N)c1O. The minimum atomic E-state index is -0.743. The summed E-state index contributed by atoms with van der Waals surface area (Å²) in [5.41, 5.74) is 4.53. The van der Waals surface area contributed by atoms with Gasteiger partial charge >= 0.3 is 0 Å². The molecule has 2 aromatic rings. The second kappa shape index (κ2) is 5.80. The molecule has 0 aliphatic heterocycles. The summed E-state index contributed by atoms with van der Waals surface area (Å²) in [5.74, 6) is -0.362. The van der Waals surface area contributed by atoms with Crippen molar-refractivity contribution in [1.29, 1.82) is 10.5 Å². The Hall–Kier alpha value is -2.97. The number of methoxy groups -OCH3 is 1. The maximum Gasteiger partial charge on any atom is 0.268 e. The van der Waals surface area contributed by atoms with Gasteiger partial charge in [0.2, 0.25) is 0 Å². The van der Waals surface area contributed by atoms with Crippen molar-refractivity contribution in [1.82, 2.24) is 4.98 Å². The van der Waals surface area contributed by atoms with Crippen LogP contribution in [0.2, 0.25) is 0 Å². The molecule has 0 aliphatic rings. The minimum Gasteiger partial charge on any atom is -0.504 e. The van der Waals surface area contributed by atoms with E-state index in [-0.39, 0.29) is 39.6 Å². The van der Waals surface area contributed by atoms with Crippen molar-refractivity contribution in [3.8, 4) is 34.8 Å². The van der Waals surface area contributed by atoms with Gasteiger partial charge in [-0.15, -0.1) is 0 Å². The number of nitrogen functional groups attached to an aromatic ring is 1. The van der Waals surface area contributed by atoms with Gasteiger partial charge in [0.15, 0.2) is 11.5 Å². The summed E-state index contributed by atoms with van der Waals surface area (Å²) in [5, 5.41) is 28.8. The number of H-pyrrole nitrogens is 1. The molecule has 0 aliphatic carbocycles. The number of halogens is 1. The lowest BCUT2D eigenvalue weighted by atomic mass is 9.95. The molecule has 0 amide bonds. The molecule has 0 fully saturated rings. The molecule has 0 saturated heterocycles. The number of aromatic hydroxyl groups is 1. The Bertz CT molecular complexity index is 906. The molecule has 2 rings (SSSR count). The second-order valence-corrected chi connectivity index (χ2v) is 5.14. The Kier molecular flexibility index (Phi) is 4.06. The van der Waals surface area contributed by atoms with Crippen LogP contribution in [-0.2, 0) is 0 Å². The minimum absolute atomic E-state index is 0.0386. The van der Waals surface area contributed by atoms with Crippen molar-refractivity contribution in [2.24, 2.45) is 0 Å². The Morgan fingerprint density at radius 3 is 2.50 bits per heavy atom. The van der Waals surface area contributed by atoms with Crippen LogP contribution in [-0.4, -0.2) is 17.2 Å². The van der Waals surface area contributed by atoms with E-state index in [0.717, 1.165) is 0 Å². The molecular weight excluding hydrogens is 352 g/mol. The monoisotopic (exact) mass is 360 g/mol. The van der Waals surface area contributed by atoms with Crippen LogP contribution < -0.4 is 16.0 Å². The van der Waals surface area contributed by atoms with E-state index >= 15 is 0 Å². The highest BCUT2D eigenvalue weighted by Gasteiger charge is 2.22. The highest BCUT2D eigenvalue weighted by atomic mass is 79.9. The molecule has 0 unspecified atom stereocenters. The van der Waals surface area contributed by atoms with Gasteiger partial charge < -0.3 is 20.6 Å². The van der Waals surface area contributed by atoms with Gasteiger partial charge in [-0.05, 0) is 12.1 Å². The number of nitriles is 2. The zero-order chi connectivity index (χ0) is 16.4. The quantitative estimate of drug-likeness (QED) is 0.747. The molecule has 110 valence electrons. The number of nitrogens with two attached hydrogens (primary N) is 1. The molecule has 0 spiro atoms. The van der Waals surface area contributed by atoms with E-state index in [2.05, 4.69) is 20.9 Å². The van der Waals surface area contributed by atoms with Crippen LogP contribution in [0.25, 0.3) is 11.1 Å². The van der Waals surface area contributed by atoms with Crippen LogP contribution in [0, 0.1) is 22.7 Å². The first-order valence-corrected chi connectivity index (χ1v) is 6.66.